The van der Waals surface area contributed by atoms with Gasteiger partial charge in [-0.3, -0.25) is 34.6 Å². The minimum absolute atomic E-state index is 0.0487. The van der Waals surface area contributed by atoms with E-state index < -0.39 is 56.8 Å². The largest absolute Gasteiger partial charge is 0.416 e. The van der Waals surface area contributed by atoms with E-state index in [0.29, 0.717) is 11.6 Å². The van der Waals surface area contributed by atoms with Crippen LogP contribution in [0.25, 0.3) is 5.69 Å². The fourth-order valence-electron chi connectivity index (χ4n) is 3.67. The molecule has 15 heteroatoms. The summed E-state index contributed by atoms with van der Waals surface area (Å²) in [5, 5.41) is 11.1. The molecule has 0 radical (unpaired) electrons. The van der Waals surface area contributed by atoms with E-state index in [1.165, 1.54) is 37.3 Å². The van der Waals surface area contributed by atoms with Crippen molar-refractivity contribution in [3.63, 3.8) is 0 Å². The Morgan fingerprint density at radius 3 is 2.22 bits per heavy atom. The first-order valence-corrected chi connectivity index (χ1v) is 13.5. The highest BCUT2D eigenvalue weighted by Gasteiger charge is 2.31. The molecule has 0 saturated carbocycles. The first-order valence-electron chi connectivity index (χ1n) is 11.6. The van der Waals surface area contributed by atoms with Gasteiger partial charge in [0, 0.05) is 24.2 Å². The predicted molar refractivity (Wildman–Crippen MR) is 138 cm³/mol. The molecule has 1 aromatic heterocycles. The van der Waals surface area contributed by atoms with Gasteiger partial charge in [0.2, 0.25) is 0 Å². The third-order valence-corrected chi connectivity index (χ3v) is 6.86. The highest BCUT2D eigenvalue weighted by Crippen LogP contribution is 2.30. The second-order valence-corrected chi connectivity index (χ2v) is 10.7. The average Bonchev–Trinajstić information content (AvgIpc) is 2.90. The Hall–Kier alpha value is -4.97. The van der Waals surface area contributed by atoms with Gasteiger partial charge in [-0.2, -0.15) is 18.4 Å². The molecule has 0 atom stereocenters. The van der Waals surface area contributed by atoms with E-state index in [2.05, 4.69) is 5.32 Å². The van der Waals surface area contributed by atoms with Crippen molar-refractivity contribution in [3.8, 4) is 11.8 Å². The number of hydrazine groups is 1. The van der Waals surface area contributed by atoms with Crippen molar-refractivity contribution in [1.82, 2.24) is 20.7 Å². The summed E-state index contributed by atoms with van der Waals surface area (Å²) in [6, 6.07) is 11.7. The van der Waals surface area contributed by atoms with Crippen LogP contribution in [-0.4, -0.2) is 37.0 Å². The quantitative estimate of drug-likeness (QED) is 0.355. The summed E-state index contributed by atoms with van der Waals surface area (Å²) in [6.07, 6.45) is -4.30. The molecule has 0 bridgehead atoms. The average molecular weight is 590 g/mol. The molecule has 2 aromatic carbocycles. The van der Waals surface area contributed by atoms with Gasteiger partial charge in [0.1, 0.15) is 12.0 Å². The fourth-order valence-corrected chi connectivity index (χ4v) is 4.30. The summed E-state index contributed by atoms with van der Waals surface area (Å²) in [4.78, 5) is 51.0. The molecule has 3 aromatic rings. The first kappa shape index (κ1) is 30.6. The standard InChI is InChI=1S/C26H22F3N5O6S/c1-15-20(24(37)33-32-22(35)10-11-30)13-21(23(36)31-14-16-6-8-19(9-7-16)41(2,39)40)25(38)34(15)18-5-3-4-17(12-18)26(27,28)29/h3-9,12-13H,10,14H2,1-2H3,(H,31,36)(H,32,35)(H,33,37). The normalized spacial score (nSPS) is 11.3. The number of hydrogen-bond acceptors (Lipinski definition) is 7. The van der Waals surface area contributed by atoms with Crippen LogP contribution in [0, 0.1) is 18.3 Å². The maximum Gasteiger partial charge on any atom is 0.416 e. The van der Waals surface area contributed by atoms with Gasteiger partial charge < -0.3 is 5.32 Å². The molecular weight excluding hydrogens is 567 g/mol. The van der Waals surface area contributed by atoms with Crippen LogP contribution in [-0.2, 0) is 27.4 Å². The maximum absolute atomic E-state index is 13.4. The Balaban J connectivity index is 2.05. The van der Waals surface area contributed by atoms with Crippen molar-refractivity contribution in [2.24, 2.45) is 0 Å². The number of carbonyl (C=O) groups excluding carboxylic acids is 3. The van der Waals surface area contributed by atoms with Gasteiger partial charge >= 0.3 is 6.18 Å². The number of rotatable bonds is 7. The number of sulfone groups is 1. The van der Waals surface area contributed by atoms with E-state index in [4.69, 9.17) is 5.26 Å². The Labute approximate surface area is 231 Å². The van der Waals surface area contributed by atoms with Gasteiger partial charge in [0.25, 0.3) is 23.3 Å². The Morgan fingerprint density at radius 1 is 0.976 bits per heavy atom. The number of alkyl halides is 3. The molecule has 3 amide bonds. The molecule has 0 aliphatic rings. The molecule has 11 nitrogen and oxygen atoms in total. The molecule has 3 rings (SSSR count). The van der Waals surface area contributed by atoms with Gasteiger partial charge in [-0.15, -0.1) is 0 Å². The number of nitrogens with one attached hydrogen (secondary N) is 3. The van der Waals surface area contributed by atoms with Crippen LogP contribution in [0.15, 0.2) is 64.3 Å². The molecule has 0 spiro atoms. The monoisotopic (exact) mass is 589 g/mol. The number of hydrogen-bond donors (Lipinski definition) is 3. The second-order valence-electron chi connectivity index (χ2n) is 8.68. The van der Waals surface area contributed by atoms with Crippen molar-refractivity contribution in [3.05, 3.63) is 92.9 Å². The lowest BCUT2D eigenvalue weighted by molar-refractivity contribution is -0.137. The summed E-state index contributed by atoms with van der Waals surface area (Å²) >= 11 is 0. The fraction of sp³-hybridized carbons (Fsp3) is 0.192. The summed E-state index contributed by atoms with van der Waals surface area (Å²) < 4.78 is 64.2. The molecule has 3 N–H and O–H groups in total. The Bertz CT molecular complexity index is 1730. The highest BCUT2D eigenvalue weighted by atomic mass is 32.2. The van der Waals surface area contributed by atoms with Crippen LogP contribution in [0.5, 0.6) is 0 Å². The number of halogens is 3. The van der Waals surface area contributed by atoms with Gasteiger partial charge in [-0.1, -0.05) is 18.2 Å². The molecule has 1 heterocycles. The molecule has 214 valence electrons. The predicted octanol–water partition coefficient (Wildman–Crippen LogP) is 2.17. The van der Waals surface area contributed by atoms with E-state index in [1.807, 2.05) is 10.9 Å². The number of pyridine rings is 1. The molecular formula is C26H22F3N5O6S. The lowest BCUT2D eigenvalue weighted by atomic mass is 10.1. The summed E-state index contributed by atoms with van der Waals surface area (Å²) in [5.74, 6) is -2.85. The van der Waals surface area contributed by atoms with Crippen LogP contribution in [0.1, 0.15) is 44.0 Å². The van der Waals surface area contributed by atoms with E-state index in [1.54, 1.807) is 6.07 Å². The lowest BCUT2D eigenvalue weighted by Gasteiger charge is -2.18. The van der Waals surface area contributed by atoms with Crippen molar-refractivity contribution >= 4 is 27.6 Å². The molecule has 41 heavy (non-hydrogen) atoms. The highest BCUT2D eigenvalue weighted by molar-refractivity contribution is 7.90. The Morgan fingerprint density at radius 2 is 1.63 bits per heavy atom. The molecule has 0 aliphatic carbocycles. The van der Waals surface area contributed by atoms with Gasteiger partial charge in [-0.25, -0.2) is 8.42 Å². The van der Waals surface area contributed by atoms with Crippen LogP contribution < -0.4 is 21.7 Å². The third-order valence-electron chi connectivity index (χ3n) is 5.73. The third kappa shape index (κ3) is 7.37. The molecule has 0 aliphatic heterocycles. The van der Waals surface area contributed by atoms with Gasteiger partial charge in [0.15, 0.2) is 9.84 Å². The van der Waals surface area contributed by atoms with Crippen LogP contribution in [0.2, 0.25) is 0 Å². The van der Waals surface area contributed by atoms with Gasteiger partial charge in [0.05, 0.1) is 22.1 Å². The van der Waals surface area contributed by atoms with E-state index >= 15 is 0 Å². The molecule has 0 saturated heterocycles. The topological polar surface area (TPSA) is 167 Å². The number of aromatic nitrogens is 1. The minimum Gasteiger partial charge on any atom is -0.348 e. The molecule has 0 fully saturated rings. The van der Waals surface area contributed by atoms with Crippen molar-refractivity contribution in [2.75, 3.05) is 6.26 Å². The van der Waals surface area contributed by atoms with Crippen LogP contribution in [0.3, 0.4) is 0 Å². The number of carbonyl (C=O) groups is 3. The number of benzene rings is 2. The van der Waals surface area contributed by atoms with E-state index in [0.717, 1.165) is 29.0 Å². The zero-order valence-electron chi connectivity index (χ0n) is 21.5. The van der Waals surface area contributed by atoms with Crippen molar-refractivity contribution < 1.29 is 36.0 Å². The van der Waals surface area contributed by atoms with E-state index in [9.17, 15) is 40.8 Å². The van der Waals surface area contributed by atoms with Gasteiger partial charge in [-0.05, 0) is 48.9 Å². The first-order chi connectivity index (χ1) is 19.1. The number of nitrogens with zero attached hydrogens (tertiary/aromatic N) is 2. The number of nitriles is 1. The minimum atomic E-state index is -4.75. The molecule has 0 unspecified atom stereocenters. The van der Waals surface area contributed by atoms with Crippen molar-refractivity contribution in [2.45, 2.75) is 31.0 Å². The summed E-state index contributed by atoms with van der Waals surface area (Å²) in [5.41, 5.74) is 1.01. The number of amides is 3. The summed E-state index contributed by atoms with van der Waals surface area (Å²) in [7, 11) is -3.46. The van der Waals surface area contributed by atoms with Crippen LogP contribution >= 0.6 is 0 Å². The Kier molecular flexibility index (Phi) is 8.98. The zero-order chi connectivity index (χ0) is 30.5. The van der Waals surface area contributed by atoms with Crippen molar-refractivity contribution in [1.29, 1.82) is 5.26 Å². The SMILES string of the molecule is Cc1c(C(=O)NNC(=O)CC#N)cc(C(=O)NCc2ccc(S(C)(=O)=O)cc2)c(=O)n1-c1cccc(C(F)(F)F)c1. The van der Waals surface area contributed by atoms with Crippen LogP contribution in [0.4, 0.5) is 13.2 Å². The summed E-state index contributed by atoms with van der Waals surface area (Å²) in [6.45, 7) is 1.10. The smallest absolute Gasteiger partial charge is 0.348 e. The maximum atomic E-state index is 13.4. The lowest BCUT2D eigenvalue weighted by Crippen LogP contribution is -2.43. The zero-order valence-corrected chi connectivity index (χ0v) is 22.3. The second kappa shape index (κ2) is 12.0. The van der Waals surface area contributed by atoms with E-state index in [-0.39, 0.29) is 28.4 Å².